The molecule has 0 atom stereocenters. The summed E-state index contributed by atoms with van der Waals surface area (Å²) >= 11 is 13.2. The zero-order chi connectivity index (χ0) is 13.1. The van der Waals surface area contributed by atoms with Gasteiger partial charge in [0.2, 0.25) is 0 Å². The van der Waals surface area contributed by atoms with Crippen LogP contribution in [0.25, 0.3) is 11.6 Å². The first-order valence-electron chi connectivity index (χ1n) is 5.02. The van der Waals surface area contributed by atoms with Crippen LogP contribution in [0.4, 0.5) is 0 Å². The number of hydrogen-bond acceptors (Lipinski definition) is 2. The van der Waals surface area contributed by atoms with Crippen LogP contribution in [-0.4, -0.2) is 11.1 Å². The Hall–Kier alpha value is -1.29. The zero-order valence-corrected chi connectivity index (χ0v) is 11.4. The summed E-state index contributed by atoms with van der Waals surface area (Å²) in [5.41, 5.74) is 0.795. The van der Waals surface area contributed by atoms with E-state index in [1.165, 1.54) is 17.4 Å². The number of hydrogen-bond donors (Lipinski definition) is 1. The Morgan fingerprint density at radius 1 is 1.28 bits per heavy atom. The molecule has 92 valence electrons. The molecule has 0 aliphatic heterocycles. The predicted octanol–water partition coefficient (Wildman–Crippen LogP) is 4.68. The smallest absolute Gasteiger partial charge is 0.337 e. The number of carbonyl (C=O) groups is 1. The summed E-state index contributed by atoms with van der Waals surface area (Å²) < 4.78 is 0. The molecule has 0 aliphatic rings. The maximum Gasteiger partial charge on any atom is 0.337 e. The lowest BCUT2D eigenvalue weighted by Gasteiger charge is -2.02. The van der Waals surface area contributed by atoms with Crippen LogP contribution >= 0.6 is 34.5 Å². The molecule has 0 spiro atoms. The second kappa shape index (κ2) is 5.57. The average Bonchev–Trinajstić information content (AvgIpc) is 2.83. The molecule has 0 saturated carbocycles. The van der Waals surface area contributed by atoms with Crippen molar-refractivity contribution in [3.05, 3.63) is 56.2 Å². The molecule has 0 radical (unpaired) electrons. The Kier molecular flexibility index (Phi) is 4.07. The molecule has 1 aromatic heterocycles. The summed E-state index contributed by atoms with van der Waals surface area (Å²) in [5.74, 6) is -0.992. The number of halogens is 2. The lowest BCUT2D eigenvalue weighted by Crippen LogP contribution is -1.97. The monoisotopic (exact) mass is 298 g/mol. The molecule has 5 heteroatoms. The van der Waals surface area contributed by atoms with Crippen molar-refractivity contribution in [2.75, 3.05) is 0 Å². The Labute approximate surface area is 118 Å². The highest BCUT2D eigenvalue weighted by Crippen LogP contribution is 2.27. The molecule has 2 aromatic rings. The van der Waals surface area contributed by atoms with E-state index in [-0.39, 0.29) is 5.57 Å². The Bertz CT molecular complexity index is 603. The molecule has 0 amide bonds. The second-order valence-electron chi connectivity index (χ2n) is 3.51. The standard InChI is InChI=1S/C13H8Cl2O2S/c14-9-3-4-11(15)8(6-9)7-10(13(16)17)12-2-1-5-18-12/h1-7H,(H,16,17)/b10-7+. The van der Waals surface area contributed by atoms with E-state index in [1.807, 2.05) is 5.38 Å². The summed E-state index contributed by atoms with van der Waals surface area (Å²) in [6, 6.07) is 8.50. The minimum absolute atomic E-state index is 0.203. The predicted molar refractivity (Wildman–Crippen MR) is 76.3 cm³/mol. The van der Waals surface area contributed by atoms with Gasteiger partial charge in [0.1, 0.15) is 0 Å². The summed E-state index contributed by atoms with van der Waals surface area (Å²) in [5, 5.41) is 12.0. The lowest BCUT2D eigenvalue weighted by atomic mass is 10.1. The number of rotatable bonds is 3. The van der Waals surface area contributed by atoms with Crippen molar-refractivity contribution in [3.8, 4) is 0 Å². The highest BCUT2D eigenvalue weighted by Gasteiger charge is 2.12. The van der Waals surface area contributed by atoms with E-state index in [9.17, 15) is 9.90 Å². The van der Waals surface area contributed by atoms with Gasteiger partial charge in [0.25, 0.3) is 0 Å². The van der Waals surface area contributed by atoms with E-state index in [0.717, 1.165) is 0 Å². The van der Waals surface area contributed by atoms with E-state index >= 15 is 0 Å². The number of carboxylic acid groups (broad SMARTS) is 1. The van der Waals surface area contributed by atoms with E-state index in [4.69, 9.17) is 23.2 Å². The lowest BCUT2D eigenvalue weighted by molar-refractivity contribution is -0.130. The molecular formula is C13H8Cl2O2S. The van der Waals surface area contributed by atoms with Crippen molar-refractivity contribution in [2.24, 2.45) is 0 Å². The summed E-state index contributed by atoms with van der Waals surface area (Å²) in [4.78, 5) is 11.9. The van der Waals surface area contributed by atoms with Crippen LogP contribution in [0.1, 0.15) is 10.4 Å². The van der Waals surface area contributed by atoms with E-state index in [1.54, 1.807) is 30.3 Å². The number of aliphatic carboxylic acids is 1. The fourth-order valence-corrected chi connectivity index (χ4v) is 2.54. The van der Waals surface area contributed by atoms with Crippen molar-refractivity contribution in [1.29, 1.82) is 0 Å². The number of benzene rings is 1. The van der Waals surface area contributed by atoms with Gasteiger partial charge in [0, 0.05) is 14.9 Å². The molecule has 1 aromatic carbocycles. The molecule has 0 unspecified atom stereocenters. The fourth-order valence-electron chi connectivity index (χ4n) is 1.45. The van der Waals surface area contributed by atoms with Crippen molar-refractivity contribution < 1.29 is 9.90 Å². The maximum atomic E-state index is 11.3. The van der Waals surface area contributed by atoms with Crippen LogP contribution in [0.2, 0.25) is 10.0 Å². The van der Waals surface area contributed by atoms with Crippen LogP contribution in [-0.2, 0) is 4.79 Å². The Morgan fingerprint density at radius 3 is 2.67 bits per heavy atom. The first-order valence-corrected chi connectivity index (χ1v) is 6.65. The van der Waals surface area contributed by atoms with E-state index in [0.29, 0.717) is 20.5 Å². The molecule has 2 rings (SSSR count). The van der Waals surface area contributed by atoms with Gasteiger partial charge >= 0.3 is 5.97 Å². The van der Waals surface area contributed by atoms with E-state index < -0.39 is 5.97 Å². The number of carboxylic acids is 1. The second-order valence-corrected chi connectivity index (χ2v) is 5.30. The molecule has 18 heavy (non-hydrogen) atoms. The van der Waals surface area contributed by atoms with Crippen molar-refractivity contribution in [3.63, 3.8) is 0 Å². The first-order chi connectivity index (χ1) is 8.58. The van der Waals surface area contributed by atoms with Gasteiger partial charge in [0.15, 0.2) is 0 Å². The van der Waals surface area contributed by atoms with Crippen molar-refractivity contribution >= 4 is 52.2 Å². The topological polar surface area (TPSA) is 37.3 Å². The molecule has 0 bridgehead atoms. The molecule has 0 aliphatic carbocycles. The minimum Gasteiger partial charge on any atom is -0.478 e. The minimum atomic E-state index is -0.992. The third kappa shape index (κ3) is 2.93. The van der Waals surface area contributed by atoms with E-state index in [2.05, 4.69) is 0 Å². The van der Waals surface area contributed by atoms with Crippen molar-refractivity contribution in [2.45, 2.75) is 0 Å². The van der Waals surface area contributed by atoms with Gasteiger partial charge in [-0.1, -0.05) is 29.3 Å². The third-order valence-electron chi connectivity index (χ3n) is 2.27. The Balaban J connectivity index is 2.52. The van der Waals surface area contributed by atoms with Crippen LogP contribution in [0.15, 0.2) is 35.7 Å². The van der Waals surface area contributed by atoms with Gasteiger partial charge in [-0.2, -0.15) is 0 Å². The van der Waals surface area contributed by atoms with Crippen LogP contribution < -0.4 is 0 Å². The highest BCUT2D eigenvalue weighted by atomic mass is 35.5. The third-order valence-corrected chi connectivity index (χ3v) is 3.76. The van der Waals surface area contributed by atoms with Gasteiger partial charge in [0.05, 0.1) is 5.57 Å². The average molecular weight is 299 g/mol. The van der Waals surface area contributed by atoms with Gasteiger partial charge in [-0.15, -0.1) is 11.3 Å². The van der Waals surface area contributed by atoms with Crippen molar-refractivity contribution in [1.82, 2.24) is 0 Å². The molecule has 1 N–H and O–H groups in total. The first kappa shape index (κ1) is 13.1. The molecule has 0 saturated heterocycles. The van der Waals surface area contributed by atoms with Crippen LogP contribution in [0.5, 0.6) is 0 Å². The quantitative estimate of drug-likeness (QED) is 0.835. The van der Waals surface area contributed by atoms with Gasteiger partial charge in [-0.25, -0.2) is 4.79 Å². The van der Waals surface area contributed by atoms with Gasteiger partial charge in [-0.3, -0.25) is 0 Å². The molecule has 1 heterocycles. The zero-order valence-electron chi connectivity index (χ0n) is 9.06. The highest BCUT2D eigenvalue weighted by molar-refractivity contribution is 7.11. The summed E-state index contributed by atoms with van der Waals surface area (Å²) in [6.45, 7) is 0. The molecular weight excluding hydrogens is 291 g/mol. The molecule has 0 fully saturated rings. The fraction of sp³-hybridized carbons (Fsp3) is 0. The summed E-state index contributed by atoms with van der Waals surface area (Å²) in [6.07, 6.45) is 1.53. The normalized spacial score (nSPS) is 11.6. The Morgan fingerprint density at radius 2 is 2.06 bits per heavy atom. The number of thiophene rings is 1. The van der Waals surface area contributed by atoms with Crippen LogP contribution in [0.3, 0.4) is 0 Å². The maximum absolute atomic E-state index is 11.3. The molecule has 2 nitrogen and oxygen atoms in total. The van der Waals surface area contributed by atoms with Gasteiger partial charge in [-0.05, 0) is 41.3 Å². The largest absolute Gasteiger partial charge is 0.478 e. The SMILES string of the molecule is O=C(O)/C(=C/c1cc(Cl)ccc1Cl)c1cccs1. The summed E-state index contributed by atoms with van der Waals surface area (Å²) in [7, 11) is 0. The van der Waals surface area contributed by atoms with Gasteiger partial charge < -0.3 is 5.11 Å². The van der Waals surface area contributed by atoms with Crippen LogP contribution in [0, 0.1) is 0 Å².